The molecule has 0 aromatic heterocycles. The zero-order chi connectivity index (χ0) is 26.8. The summed E-state index contributed by atoms with van der Waals surface area (Å²) in [7, 11) is 0. The van der Waals surface area contributed by atoms with Gasteiger partial charge in [0, 0.05) is 24.5 Å². The summed E-state index contributed by atoms with van der Waals surface area (Å²) in [6, 6.07) is 13.3. The number of anilines is 3. The molecule has 202 valence electrons. The molecule has 2 bridgehead atoms. The van der Waals surface area contributed by atoms with Gasteiger partial charge in [0.15, 0.2) is 0 Å². The van der Waals surface area contributed by atoms with E-state index in [0.29, 0.717) is 11.8 Å². The topological polar surface area (TPSA) is 84.8 Å². The molecule has 37 heavy (non-hydrogen) atoms. The van der Waals surface area contributed by atoms with Gasteiger partial charge >= 0.3 is 12.1 Å². The second-order valence-electron chi connectivity index (χ2n) is 10.2. The summed E-state index contributed by atoms with van der Waals surface area (Å²) in [4.78, 5) is 11.2. The highest BCUT2D eigenvalue weighted by Crippen LogP contribution is 2.55. The minimum Gasteiger partial charge on any atom is -0.506 e. The molecule has 0 amide bonds. The Hall–Kier alpha value is -2.94. The molecule has 9 heteroatoms. The quantitative estimate of drug-likeness (QED) is 0.365. The second-order valence-corrected chi connectivity index (χ2v) is 10.2. The van der Waals surface area contributed by atoms with E-state index in [9.17, 15) is 18.3 Å². The van der Waals surface area contributed by atoms with Crippen LogP contribution < -0.4 is 15.5 Å². The highest BCUT2D eigenvalue weighted by Gasteiger charge is 2.51. The standard InChI is InChI=1S/C26H35N3O.C2HF3O2/c1-3-29(4-2)24-11-6-5-10-21(24)28-23-16-18-15-22-19-9-7-8-12-26(19,13-14-27-22)20(18)17-25(23)30;3-2(4,5)1(6)7/h5-6,10-11,16-17,19,22,27-28,30H,3-4,7-9,12-15H2,1-2H3;(H,6,7)/t19-,22+,26+;/m1./s1. The number of nitrogens with zero attached hydrogens (tertiary/aromatic N) is 1. The summed E-state index contributed by atoms with van der Waals surface area (Å²) >= 11 is 0. The third-order valence-electron chi connectivity index (χ3n) is 8.28. The van der Waals surface area contributed by atoms with Crippen molar-refractivity contribution in [1.29, 1.82) is 0 Å². The number of hydrogen-bond donors (Lipinski definition) is 4. The molecule has 2 aliphatic carbocycles. The predicted octanol–water partition coefficient (Wildman–Crippen LogP) is 5.96. The van der Waals surface area contributed by atoms with E-state index >= 15 is 0 Å². The summed E-state index contributed by atoms with van der Waals surface area (Å²) in [6.45, 7) is 7.40. The van der Waals surface area contributed by atoms with Gasteiger partial charge in [0.25, 0.3) is 0 Å². The number of aliphatic carboxylic acids is 1. The summed E-state index contributed by atoms with van der Waals surface area (Å²) in [5.74, 6) is -1.64. The van der Waals surface area contributed by atoms with Crippen LogP contribution >= 0.6 is 0 Å². The van der Waals surface area contributed by atoms with E-state index in [-0.39, 0.29) is 5.41 Å². The van der Waals surface area contributed by atoms with Crippen LogP contribution in [0.3, 0.4) is 0 Å². The number of carboxylic acids is 1. The fraction of sp³-hybridized carbons (Fsp3) is 0.536. The number of carboxylic acid groups (broad SMARTS) is 1. The van der Waals surface area contributed by atoms with Gasteiger partial charge < -0.3 is 25.7 Å². The van der Waals surface area contributed by atoms with Gasteiger partial charge in [0.1, 0.15) is 5.75 Å². The van der Waals surface area contributed by atoms with Gasteiger partial charge in [-0.2, -0.15) is 13.2 Å². The molecule has 0 spiro atoms. The van der Waals surface area contributed by atoms with Crippen LogP contribution in [0.5, 0.6) is 5.75 Å². The van der Waals surface area contributed by atoms with Crippen LogP contribution in [-0.4, -0.2) is 48.0 Å². The Bertz CT molecular complexity index is 1120. The SMILES string of the molecule is CCN(CC)c1ccccc1Nc1cc2c(cc1O)[C@]13CCCC[C@@H]1[C@H](C2)NCC3.O=C(O)C(F)(F)F. The maximum absolute atomic E-state index is 11.1. The van der Waals surface area contributed by atoms with Gasteiger partial charge in [-0.05, 0) is 87.4 Å². The molecule has 1 saturated heterocycles. The largest absolute Gasteiger partial charge is 0.506 e. The molecule has 6 nitrogen and oxygen atoms in total. The van der Waals surface area contributed by atoms with Crippen molar-refractivity contribution in [3.63, 3.8) is 0 Å². The van der Waals surface area contributed by atoms with Gasteiger partial charge in [-0.3, -0.25) is 0 Å². The predicted molar refractivity (Wildman–Crippen MR) is 139 cm³/mol. The van der Waals surface area contributed by atoms with Crippen molar-refractivity contribution in [1.82, 2.24) is 5.32 Å². The molecular formula is C28H36F3N3O3. The molecule has 4 N–H and O–H groups in total. The van der Waals surface area contributed by atoms with Crippen molar-refractivity contribution in [2.75, 3.05) is 29.9 Å². The lowest BCUT2D eigenvalue weighted by Crippen LogP contribution is -2.59. The molecule has 1 heterocycles. The minimum absolute atomic E-state index is 0.275. The average molecular weight is 520 g/mol. The Morgan fingerprint density at radius 3 is 2.51 bits per heavy atom. The van der Waals surface area contributed by atoms with Crippen molar-refractivity contribution < 1.29 is 28.2 Å². The van der Waals surface area contributed by atoms with Crippen molar-refractivity contribution in [3.8, 4) is 5.75 Å². The van der Waals surface area contributed by atoms with E-state index in [2.05, 4.69) is 65.8 Å². The van der Waals surface area contributed by atoms with Crippen molar-refractivity contribution in [3.05, 3.63) is 47.5 Å². The fourth-order valence-corrected chi connectivity index (χ4v) is 6.64. The molecule has 2 aromatic carbocycles. The number of hydrogen-bond acceptors (Lipinski definition) is 5. The second kappa shape index (κ2) is 10.8. The number of rotatable bonds is 5. The number of piperidine rings is 1. The third kappa shape index (κ3) is 5.37. The van der Waals surface area contributed by atoms with E-state index < -0.39 is 12.1 Å². The molecule has 0 unspecified atom stereocenters. The van der Waals surface area contributed by atoms with Crippen LogP contribution in [0.25, 0.3) is 0 Å². The maximum Gasteiger partial charge on any atom is 0.490 e. The summed E-state index contributed by atoms with van der Waals surface area (Å²) in [5.41, 5.74) is 6.20. The monoisotopic (exact) mass is 519 g/mol. The van der Waals surface area contributed by atoms with E-state index in [1.54, 1.807) is 0 Å². The number of benzene rings is 2. The van der Waals surface area contributed by atoms with Crippen molar-refractivity contribution in [2.24, 2.45) is 5.92 Å². The third-order valence-corrected chi connectivity index (χ3v) is 8.28. The van der Waals surface area contributed by atoms with E-state index in [4.69, 9.17) is 9.90 Å². The molecule has 3 atom stereocenters. The molecule has 1 aliphatic heterocycles. The number of para-hydroxylation sites is 2. The number of nitrogens with one attached hydrogen (secondary N) is 2. The Balaban J connectivity index is 0.000000405. The van der Waals surface area contributed by atoms with Crippen LogP contribution in [0.1, 0.15) is 57.1 Å². The number of fused-ring (bicyclic) bond motifs is 1. The zero-order valence-electron chi connectivity index (χ0n) is 21.4. The van der Waals surface area contributed by atoms with Gasteiger partial charge in [0.05, 0.1) is 17.1 Å². The van der Waals surface area contributed by atoms with Gasteiger partial charge in [0.2, 0.25) is 0 Å². The first-order chi connectivity index (χ1) is 17.6. The summed E-state index contributed by atoms with van der Waals surface area (Å²) < 4.78 is 31.7. The molecule has 5 rings (SSSR count). The van der Waals surface area contributed by atoms with Crippen LogP contribution in [0.4, 0.5) is 30.2 Å². The van der Waals surface area contributed by atoms with Crippen molar-refractivity contribution in [2.45, 2.75) is 70.0 Å². The van der Waals surface area contributed by atoms with E-state index in [1.807, 2.05) is 0 Å². The maximum atomic E-state index is 11.1. The lowest BCUT2D eigenvalue weighted by atomic mass is 9.53. The van der Waals surface area contributed by atoms with Gasteiger partial charge in [-0.1, -0.05) is 25.0 Å². The lowest BCUT2D eigenvalue weighted by molar-refractivity contribution is -0.192. The van der Waals surface area contributed by atoms with Crippen LogP contribution in [-0.2, 0) is 16.6 Å². The fourth-order valence-electron chi connectivity index (χ4n) is 6.64. The number of phenolic OH excluding ortho intramolecular Hbond substituents is 1. The minimum atomic E-state index is -5.08. The smallest absolute Gasteiger partial charge is 0.490 e. The highest BCUT2D eigenvalue weighted by atomic mass is 19.4. The first-order valence-corrected chi connectivity index (χ1v) is 13.1. The Morgan fingerprint density at radius 1 is 1.14 bits per heavy atom. The highest BCUT2D eigenvalue weighted by molar-refractivity contribution is 5.78. The molecule has 3 aliphatic rings. The molecule has 2 fully saturated rings. The van der Waals surface area contributed by atoms with Crippen LogP contribution in [0, 0.1) is 5.92 Å². The van der Waals surface area contributed by atoms with Gasteiger partial charge in [-0.25, -0.2) is 4.79 Å². The normalized spacial score (nSPS) is 24.1. The first kappa shape index (κ1) is 27.1. The van der Waals surface area contributed by atoms with E-state index in [0.717, 1.165) is 43.3 Å². The molecule has 1 saturated carbocycles. The number of phenols is 1. The van der Waals surface area contributed by atoms with Crippen molar-refractivity contribution >= 4 is 23.0 Å². The Labute approximate surface area is 215 Å². The lowest BCUT2D eigenvalue weighted by Gasteiger charge is -2.56. The first-order valence-electron chi connectivity index (χ1n) is 13.1. The number of alkyl halides is 3. The van der Waals surface area contributed by atoms with Crippen LogP contribution in [0.2, 0.25) is 0 Å². The molecule has 2 aromatic rings. The Morgan fingerprint density at radius 2 is 1.84 bits per heavy atom. The van der Waals surface area contributed by atoms with Gasteiger partial charge in [-0.15, -0.1) is 0 Å². The Kier molecular flexibility index (Phi) is 7.92. The number of carbonyl (C=O) groups is 1. The van der Waals surface area contributed by atoms with E-state index in [1.165, 1.54) is 48.9 Å². The molecular weight excluding hydrogens is 483 g/mol. The number of halogens is 3. The van der Waals surface area contributed by atoms with Crippen LogP contribution in [0.15, 0.2) is 36.4 Å². The summed E-state index contributed by atoms with van der Waals surface area (Å²) in [6.07, 6.45) is 2.48. The zero-order valence-corrected chi connectivity index (χ0v) is 21.4. The summed E-state index contributed by atoms with van der Waals surface area (Å²) in [5, 5.41) is 25.6. The average Bonchev–Trinajstić information content (AvgIpc) is 2.87. The molecule has 0 radical (unpaired) electrons. The number of aromatic hydroxyl groups is 1.